The van der Waals surface area contributed by atoms with Crippen LogP contribution in [0.2, 0.25) is 0 Å². The van der Waals surface area contributed by atoms with Gasteiger partial charge in [-0.2, -0.15) is 0 Å². The van der Waals surface area contributed by atoms with Crippen LogP contribution in [-0.2, 0) is 4.74 Å². The largest absolute Gasteiger partial charge is 0.462 e. The predicted octanol–water partition coefficient (Wildman–Crippen LogP) is 0.758. The van der Waals surface area contributed by atoms with E-state index in [9.17, 15) is 28.0 Å². The van der Waals surface area contributed by atoms with Crippen molar-refractivity contribution in [2.24, 2.45) is 0 Å². The smallest absolute Gasteiger partial charge is 0.338 e. The molecule has 134 valence electrons. The molecule has 1 aliphatic rings. The van der Waals surface area contributed by atoms with Gasteiger partial charge in [0, 0.05) is 6.07 Å². The minimum absolute atomic E-state index is 0.00416. The highest BCUT2D eigenvalue weighted by atomic mass is 19.1. The van der Waals surface area contributed by atoms with Gasteiger partial charge in [-0.05, 0) is 19.1 Å². The van der Waals surface area contributed by atoms with Crippen LogP contribution >= 0.6 is 0 Å². The summed E-state index contributed by atoms with van der Waals surface area (Å²) in [6.45, 7) is 1.53. The van der Waals surface area contributed by atoms with Crippen molar-refractivity contribution in [1.29, 1.82) is 0 Å². The highest BCUT2D eigenvalue weighted by Crippen LogP contribution is 2.26. The number of anilines is 1. The van der Waals surface area contributed by atoms with E-state index in [0.29, 0.717) is 16.7 Å². The molecule has 0 fully saturated rings. The first-order valence-corrected chi connectivity index (χ1v) is 7.34. The molecular weight excluding hydrogens is 352 g/mol. The highest BCUT2D eigenvalue weighted by molar-refractivity contribution is 6.23. The van der Waals surface area contributed by atoms with Crippen LogP contribution in [0.5, 0.6) is 0 Å². The molecule has 26 heavy (non-hydrogen) atoms. The van der Waals surface area contributed by atoms with E-state index in [2.05, 4.69) is 4.74 Å². The molecule has 1 aromatic heterocycles. The Morgan fingerprint density at radius 3 is 2.35 bits per heavy atom. The summed E-state index contributed by atoms with van der Waals surface area (Å²) in [6.07, 6.45) is 0. The fraction of sp³-hybridized carbons (Fsp3) is 0.125. The number of ether oxygens (including phenoxy) is 1. The molecule has 10 heteroatoms. The zero-order chi connectivity index (χ0) is 19.2. The van der Waals surface area contributed by atoms with Gasteiger partial charge in [0.05, 0.1) is 23.3 Å². The van der Waals surface area contributed by atoms with Crippen LogP contribution in [0.25, 0.3) is 5.69 Å². The molecule has 1 aliphatic heterocycles. The van der Waals surface area contributed by atoms with Gasteiger partial charge in [0.2, 0.25) is 0 Å². The number of amides is 2. The normalized spacial score (nSPS) is 12.7. The van der Waals surface area contributed by atoms with Crippen LogP contribution in [0, 0.1) is 11.6 Å². The van der Waals surface area contributed by atoms with Crippen LogP contribution in [0.15, 0.2) is 23.0 Å². The van der Waals surface area contributed by atoms with Crippen LogP contribution < -0.4 is 16.6 Å². The van der Waals surface area contributed by atoms with Gasteiger partial charge in [0.25, 0.3) is 17.4 Å². The lowest BCUT2D eigenvalue weighted by atomic mass is 10.1. The fourth-order valence-corrected chi connectivity index (χ4v) is 2.62. The van der Waals surface area contributed by atoms with E-state index in [1.807, 2.05) is 5.32 Å². The summed E-state index contributed by atoms with van der Waals surface area (Å²) in [5.74, 6) is -5.81. The van der Waals surface area contributed by atoms with Crippen LogP contribution in [0.1, 0.15) is 38.0 Å². The van der Waals surface area contributed by atoms with Crippen LogP contribution in [0.4, 0.5) is 14.6 Å². The minimum Gasteiger partial charge on any atom is -0.462 e. The van der Waals surface area contributed by atoms with Crippen molar-refractivity contribution in [1.82, 2.24) is 9.88 Å². The van der Waals surface area contributed by atoms with Crippen molar-refractivity contribution in [3.05, 3.63) is 56.9 Å². The van der Waals surface area contributed by atoms with Crippen molar-refractivity contribution < 1.29 is 27.9 Å². The first-order chi connectivity index (χ1) is 12.3. The number of carbonyl (C=O) groups excluding carboxylic acids is 3. The summed E-state index contributed by atoms with van der Waals surface area (Å²) in [6, 6.07) is 2.12. The number of hydrogen-bond donors (Lipinski definition) is 2. The number of nitrogen functional groups attached to an aromatic ring is 1. The molecule has 0 atom stereocenters. The number of fused-ring (bicyclic) bond motifs is 1. The van der Waals surface area contributed by atoms with E-state index in [0.717, 1.165) is 6.07 Å². The molecule has 0 saturated carbocycles. The van der Waals surface area contributed by atoms with Gasteiger partial charge in [-0.15, -0.1) is 0 Å². The molecule has 1 aromatic carbocycles. The average molecular weight is 363 g/mol. The van der Waals surface area contributed by atoms with Crippen LogP contribution in [0.3, 0.4) is 0 Å². The summed E-state index contributed by atoms with van der Waals surface area (Å²) in [5, 5.41) is 1.94. The number of nitrogens with two attached hydrogens (primary N) is 1. The molecular formula is C16H11F2N3O5. The number of pyridine rings is 1. The maximum Gasteiger partial charge on any atom is 0.338 e. The van der Waals surface area contributed by atoms with Gasteiger partial charge in [-0.1, -0.05) is 0 Å². The van der Waals surface area contributed by atoms with Gasteiger partial charge >= 0.3 is 5.97 Å². The monoisotopic (exact) mass is 363 g/mol. The van der Waals surface area contributed by atoms with E-state index in [-0.39, 0.29) is 17.7 Å². The Balaban J connectivity index is 2.24. The fourth-order valence-electron chi connectivity index (χ4n) is 2.62. The lowest BCUT2D eigenvalue weighted by molar-refractivity contribution is 0.0525. The predicted molar refractivity (Wildman–Crippen MR) is 84.1 cm³/mol. The van der Waals surface area contributed by atoms with Gasteiger partial charge in [0.15, 0.2) is 11.6 Å². The number of benzene rings is 1. The topological polar surface area (TPSA) is 120 Å². The first kappa shape index (κ1) is 17.3. The molecule has 0 unspecified atom stereocenters. The van der Waals surface area contributed by atoms with Crippen molar-refractivity contribution >= 4 is 23.6 Å². The number of rotatable bonds is 3. The Kier molecular flexibility index (Phi) is 4.03. The van der Waals surface area contributed by atoms with E-state index in [1.165, 1.54) is 6.92 Å². The summed E-state index contributed by atoms with van der Waals surface area (Å²) in [7, 11) is 0. The third-order valence-electron chi connectivity index (χ3n) is 3.70. The number of nitrogens with zero attached hydrogens (tertiary/aromatic N) is 1. The Morgan fingerprint density at radius 2 is 1.77 bits per heavy atom. The Labute approximate surface area is 144 Å². The average Bonchev–Trinajstić information content (AvgIpc) is 2.83. The molecule has 0 aliphatic carbocycles. The summed E-state index contributed by atoms with van der Waals surface area (Å²) in [4.78, 5) is 47.3. The summed E-state index contributed by atoms with van der Waals surface area (Å²) >= 11 is 0. The van der Waals surface area contributed by atoms with Crippen molar-refractivity contribution in [2.75, 3.05) is 12.3 Å². The maximum absolute atomic E-state index is 14.5. The van der Waals surface area contributed by atoms with Crippen LogP contribution in [-0.4, -0.2) is 29.0 Å². The lowest BCUT2D eigenvalue weighted by Crippen LogP contribution is -2.26. The van der Waals surface area contributed by atoms with E-state index in [4.69, 9.17) is 5.73 Å². The molecule has 8 nitrogen and oxygen atoms in total. The Hall–Kier alpha value is -3.56. The molecule has 2 aromatic rings. The third kappa shape index (κ3) is 2.51. The second-order valence-electron chi connectivity index (χ2n) is 5.28. The summed E-state index contributed by atoms with van der Waals surface area (Å²) < 4.78 is 34.0. The Morgan fingerprint density at radius 1 is 1.15 bits per heavy atom. The third-order valence-corrected chi connectivity index (χ3v) is 3.70. The zero-order valence-corrected chi connectivity index (χ0v) is 13.3. The molecule has 0 saturated heterocycles. The quantitative estimate of drug-likeness (QED) is 0.613. The molecule has 2 heterocycles. The SMILES string of the molecule is CCOC(=O)c1cc(F)c(-n2c(N)c3c(cc2=O)C(=O)NC3=O)c(F)c1. The van der Waals surface area contributed by atoms with Crippen molar-refractivity contribution in [2.45, 2.75) is 6.92 Å². The first-order valence-electron chi connectivity index (χ1n) is 7.34. The number of aromatic nitrogens is 1. The number of esters is 1. The molecule has 0 spiro atoms. The number of hydrogen-bond acceptors (Lipinski definition) is 6. The van der Waals surface area contributed by atoms with Gasteiger partial charge in [0.1, 0.15) is 11.5 Å². The molecule has 3 N–H and O–H groups in total. The number of carbonyl (C=O) groups is 3. The van der Waals surface area contributed by atoms with Crippen molar-refractivity contribution in [3.8, 4) is 5.69 Å². The molecule has 0 bridgehead atoms. The number of nitrogens with one attached hydrogen (secondary N) is 1. The van der Waals surface area contributed by atoms with Crippen molar-refractivity contribution in [3.63, 3.8) is 0 Å². The van der Waals surface area contributed by atoms with Gasteiger partial charge in [-0.25, -0.2) is 13.6 Å². The standard InChI is InChI=1S/C16H11F2N3O5/c1-2-26-16(25)6-3-8(17)12(9(18)4-6)21-10(22)5-7-11(13(21)19)15(24)20-14(7)23/h3-5H,2,19H2,1H3,(H,20,23,24). The number of imide groups is 1. The molecule has 2 amide bonds. The number of halogens is 2. The lowest BCUT2D eigenvalue weighted by Gasteiger charge is -2.14. The highest BCUT2D eigenvalue weighted by Gasteiger charge is 2.33. The van der Waals surface area contributed by atoms with E-state index < -0.39 is 52.0 Å². The molecule has 3 rings (SSSR count). The summed E-state index contributed by atoms with van der Waals surface area (Å²) in [5.41, 5.74) is 2.79. The van der Waals surface area contributed by atoms with Gasteiger partial charge < -0.3 is 10.5 Å². The van der Waals surface area contributed by atoms with E-state index >= 15 is 0 Å². The second-order valence-corrected chi connectivity index (χ2v) is 5.28. The second kappa shape index (κ2) is 6.06. The zero-order valence-electron chi connectivity index (χ0n) is 13.3. The maximum atomic E-state index is 14.5. The van der Waals surface area contributed by atoms with E-state index in [1.54, 1.807) is 0 Å². The van der Waals surface area contributed by atoms with Gasteiger partial charge in [-0.3, -0.25) is 24.3 Å². The minimum atomic E-state index is -1.27. The molecule has 0 radical (unpaired) electrons. The Bertz CT molecular complexity index is 1020.